The maximum Gasteiger partial charge on any atom is 0.271 e. The lowest BCUT2D eigenvalue weighted by atomic mass is 10.1. The first kappa shape index (κ1) is 19.5. The Hall–Kier alpha value is -3.84. The third-order valence-corrected chi connectivity index (χ3v) is 4.53. The number of hydrogen-bond acceptors (Lipinski definition) is 5. The lowest BCUT2D eigenvalue weighted by molar-refractivity contribution is 0.0955. The van der Waals surface area contributed by atoms with E-state index in [-0.39, 0.29) is 5.91 Å². The Bertz CT molecular complexity index is 1150. The largest absolute Gasteiger partial charge is 0.271 e. The van der Waals surface area contributed by atoms with Crippen LogP contribution in [-0.2, 0) is 6.54 Å². The first-order chi connectivity index (χ1) is 14.7. The zero-order valence-corrected chi connectivity index (χ0v) is 16.6. The van der Waals surface area contributed by atoms with Crippen LogP contribution in [-0.4, -0.2) is 32.3 Å². The average molecular weight is 417 g/mol. The minimum atomic E-state index is -0.294. The highest BCUT2D eigenvalue weighted by molar-refractivity contribution is 6.30. The summed E-state index contributed by atoms with van der Waals surface area (Å²) in [6, 6.07) is 24.0. The van der Waals surface area contributed by atoms with Gasteiger partial charge in [-0.15, -0.1) is 10.2 Å². The molecule has 0 saturated heterocycles. The standard InChI is InChI=1S/C22H17ClN6O/c23-20-12-8-16(9-13-20)14-24-26-22(30)19-10-6-17(7-11-19)15-29-27-21(25-28-29)18-4-2-1-3-5-18/h1-14H,15H2,(H,26,30)/b24-14-. The molecule has 0 aliphatic carbocycles. The molecule has 0 aliphatic heterocycles. The fraction of sp³-hybridized carbons (Fsp3) is 0.0455. The number of rotatable bonds is 6. The summed E-state index contributed by atoms with van der Waals surface area (Å²) in [6.45, 7) is 0.455. The van der Waals surface area contributed by atoms with Crippen LogP contribution < -0.4 is 5.43 Å². The third-order valence-electron chi connectivity index (χ3n) is 4.27. The van der Waals surface area contributed by atoms with Crippen molar-refractivity contribution in [1.29, 1.82) is 0 Å². The van der Waals surface area contributed by atoms with E-state index in [1.165, 1.54) is 4.80 Å². The summed E-state index contributed by atoms with van der Waals surface area (Å²) in [6.07, 6.45) is 1.56. The molecule has 8 heteroatoms. The van der Waals surface area contributed by atoms with Crippen LogP contribution in [0.1, 0.15) is 21.5 Å². The summed E-state index contributed by atoms with van der Waals surface area (Å²) in [5, 5.41) is 17.2. The van der Waals surface area contributed by atoms with E-state index in [9.17, 15) is 4.79 Å². The van der Waals surface area contributed by atoms with E-state index in [0.29, 0.717) is 23.0 Å². The minimum absolute atomic E-state index is 0.294. The van der Waals surface area contributed by atoms with Gasteiger partial charge in [0, 0.05) is 16.1 Å². The molecule has 3 aromatic carbocycles. The smallest absolute Gasteiger partial charge is 0.267 e. The van der Waals surface area contributed by atoms with Crippen molar-refractivity contribution in [2.24, 2.45) is 5.10 Å². The molecule has 0 spiro atoms. The van der Waals surface area contributed by atoms with Crippen molar-refractivity contribution in [2.45, 2.75) is 6.54 Å². The molecule has 0 unspecified atom stereocenters. The summed E-state index contributed by atoms with van der Waals surface area (Å²) < 4.78 is 0. The Balaban J connectivity index is 1.35. The molecule has 4 aromatic rings. The van der Waals surface area contributed by atoms with Crippen molar-refractivity contribution in [3.05, 3.63) is 101 Å². The van der Waals surface area contributed by atoms with E-state index in [1.807, 2.05) is 54.6 Å². The van der Waals surface area contributed by atoms with Crippen molar-refractivity contribution in [3.63, 3.8) is 0 Å². The summed E-state index contributed by atoms with van der Waals surface area (Å²) >= 11 is 5.84. The molecule has 0 atom stereocenters. The number of halogens is 1. The third kappa shape index (κ3) is 4.95. The van der Waals surface area contributed by atoms with E-state index < -0.39 is 0 Å². The summed E-state index contributed by atoms with van der Waals surface area (Å²) in [7, 11) is 0. The Morgan fingerprint density at radius 3 is 2.47 bits per heavy atom. The van der Waals surface area contributed by atoms with Gasteiger partial charge in [-0.05, 0) is 40.6 Å². The molecule has 0 bridgehead atoms. The highest BCUT2D eigenvalue weighted by Gasteiger charge is 2.07. The number of hydrogen-bond donors (Lipinski definition) is 1. The van der Waals surface area contributed by atoms with Crippen LogP contribution in [0.2, 0.25) is 5.02 Å². The van der Waals surface area contributed by atoms with Crippen LogP contribution in [0.15, 0.2) is 84.0 Å². The van der Waals surface area contributed by atoms with Gasteiger partial charge in [0.05, 0.1) is 12.8 Å². The number of nitrogens with one attached hydrogen (secondary N) is 1. The molecule has 148 valence electrons. The quantitative estimate of drug-likeness (QED) is 0.382. The summed E-state index contributed by atoms with van der Waals surface area (Å²) in [5.41, 5.74) is 5.72. The molecular formula is C22H17ClN6O. The predicted octanol–water partition coefficient (Wildman–Crippen LogP) is 3.81. The molecular weight excluding hydrogens is 400 g/mol. The first-order valence-corrected chi connectivity index (χ1v) is 9.56. The summed E-state index contributed by atoms with van der Waals surface area (Å²) in [5.74, 6) is 0.280. The predicted molar refractivity (Wildman–Crippen MR) is 115 cm³/mol. The molecule has 1 aromatic heterocycles. The van der Waals surface area contributed by atoms with Crippen molar-refractivity contribution in [2.75, 3.05) is 0 Å². The lowest BCUT2D eigenvalue weighted by Gasteiger charge is -2.03. The number of carbonyl (C=O) groups excluding carboxylic acids is 1. The van der Waals surface area contributed by atoms with Crippen LogP contribution in [0.25, 0.3) is 11.4 Å². The van der Waals surface area contributed by atoms with Gasteiger partial charge in [-0.1, -0.05) is 66.2 Å². The highest BCUT2D eigenvalue weighted by Crippen LogP contribution is 2.13. The number of tetrazole rings is 1. The molecule has 1 heterocycles. The number of carbonyl (C=O) groups is 1. The molecule has 0 saturated carbocycles. The van der Waals surface area contributed by atoms with Crippen molar-refractivity contribution in [1.82, 2.24) is 25.6 Å². The Morgan fingerprint density at radius 1 is 1.00 bits per heavy atom. The van der Waals surface area contributed by atoms with Crippen molar-refractivity contribution < 1.29 is 4.79 Å². The van der Waals surface area contributed by atoms with Gasteiger partial charge in [0.1, 0.15) is 0 Å². The van der Waals surface area contributed by atoms with E-state index in [2.05, 4.69) is 25.9 Å². The molecule has 0 fully saturated rings. The van der Waals surface area contributed by atoms with E-state index in [4.69, 9.17) is 11.6 Å². The van der Waals surface area contributed by atoms with Gasteiger partial charge in [0.15, 0.2) is 0 Å². The van der Waals surface area contributed by atoms with Gasteiger partial charge in [-0.25, -0.2) is 5.43 Å². The molecule has 1 N–H and O–H groups in total. The second-order valence-electron chi connectivity index (χ2n) is 6.46. The SMILES string of the molecule is O=C(N/N=C\c1ccc(Cl)cc1)c1ccc(Cn2nnc(-c3ccccc3)n2)cc1. The fourth-order valence-corrected chi connectivity index (χ4v) is 2.84. The first-order valence-electron chi connectivity index (χ1n) is 9.18. The molecule has 0 aliphatic rings. The molecule has 4 rings (SSSR count). The Morgan fingerprint density at radius 2 is 1.73 bits per heavy atom. The van der Waals surface area contributed by atoms with Crippen LogP contribution in [0.5, 0.6) is 0 Å². The topological polar surface area (TPSA) is 85.1 Å². The van der Waals surface area contributed by atoms with Crippen LogP contribution in [0.4, 0.5) is 0 Å². The van der Waals surface area contributed by atoms with Gasteiger partial charge in [0.25, 0.3) is 5.91 Å². The fourth-order valence-electron chi connectivity index (χ4n) is 2.72. The minimum Gasteiger partial charge on any atom is -0.267 e. The van der Waals surface area contributed by atoms with Crippen LogP contribution in [0, 0.1) is 0 Å². The maximum atomic E-state index is 12.2. The van der Waals surface area contributed by atoms with Crippen LogP contribution >= 0.6 is 11.6 Å². The molecule has 7 nitrogen and oxygen atoms in total. The Labute approximate surface area is 178 Å². The van der Waals surface area contributed by atoms with E-state index >= 15 is 0 Å². The van der Waals surface area contributed by atoms with Gasteiger partial charge < -0.3 is 0 Å². The number of benzene rings is 3. The molecule has 0 radical (unpaired) electrons. The second kappa shape index (κ2) is 9.11. The van der Waals surface area contributed by atoms with Crippen LogP contribution in [0.3, 0.4) is 0 Å². The second-order valence-corrected chi connectivity index (χ2v) is 6.89. The van der Waals surface area contributed by atoms with E-state index in [0.717, 1.165) is 16.7 Å². The molecule has 30 heavy (non-hydrogen) atoms. The number of hydrazone groups is 1. The van der Waals surface area contributed by atoms with E-state index in [1.54, 1.807) is 30.5 Å². The molecule has 1 amide bonds. The van der Waals surface area contributed by atoms with Gasteiger partial charge in [-0.3, -0.25) is 4.79 Å². The highest BCUT2D eigenvalue weighted by atomic mass is 35.5. The van der Waals surface area contributed by atoms with Crippen molar-refractivity contribution in [3.8, 4) is 11.4 Å². The monoisotopic (exact) mass is 416 g/mol. The van der Waals surface area contributed by atoms with Gasteiger partial charge in [0.2, 0.25) is 5.82 Å². The normalized spacial score (nSPS) is 11.0. The number of nitrogens with zero attached hydrogens (tertiary/aromatic N) is 5. The average Bonchev–Trinajstić information content (AvgIpc) is 3.25. The van der Waals surface area contributed by atoms with Crippen molar-refractivity contribution >= 4 is 23.7 Å². The number of amides is 1. The Kier molecular flexibility index (Phi) is 5.91. The maximum absolute atomic E-state index is 12.2. The van der Waals surface area contributed by atoms with Gasteiger partial charge in [-0.2, -0.15) is 9.90 Å². The zero-order chi connectivity index (χ0) is 20.8. The van der Waals surface area contributed by atoms with Gasteiger partial charge >= 0.3 is 0 Å². The lowest BCUT2D eigenvalue weighted by Crippen LogP contribution is -2.17. The zero-order valence-electron chi connectivity index (χ0n) is 15.8. The number of aromatic nitrogens is 4. The summed E-state index contributed by atoms with van der Waals surface area (Å²) in [4.78, 5) is 13.8.